The van der Waals surface area contributed by atoms with Crippen LogP contribution in [0.2, 0.25) is 10.0 Å². The lowest BCUT2D eigenvalue weighted by Gasteiger charge is -2.13. The van der Waals surface area contributed by atoms with Gasteiger partial charge in [-0.25, -0.2) is 0 Å². The Morgan fingerprint density at radius 3 is 2.76 bits per heavy atom. The molecule has 0 bridgehead atoms. The molecule has 0 aliphatic carbocycles. The summed E-state index contributed by atoms with van der Waals surface area (Å²) in [7, 11) is 0. The van der Waals surface area contributed by atoms with Gasteiger partial charge in [0, 0.05) is 6.54 Å². The van der Waals surface area contributed by atoms with Crippen molar-refractivity contribution in [3.63, 3.8) is 0 Å². The molecule has 3 N–H and O–H groups in total. The second-order valence-corrected chi connectivity index (χ2v) is 5.71. The van der Waals surface area contributed by atoms with Gasteiger partial charge < -0.3 is 15.8 Å². The van der Waals surface area contributed by atoms with Crippen LogP contribution in [0.1, 0.15) is 18.4 Å². The molecule has 2 atom stereocenters. The highest BCUT2D eigenvalue weighted by molar-refractivity contribution is 6.42. The van der Waals surface area contributed by atoms with Gasteiger partial charge in [-0.05, 0) is 24.5 Å². The fourth-order valence-corrected chi connectivity index (χ4v) is 2.60. The van der Waals surface area contributed by atoms with Gasteiger partial charge in [-0.15, -0.1) is 0 Å². The number of nitrogens with one attached hydrogen (secondary N) is 1. The number of amides is 2. The van der Waals surface area contributed by atoms with Gasteiger partial charge in [0.1, 0.15) is 6.10 Å². The fraction of sp³-hybridized carbons (Fsp3) is 0.429. The first-order valence-corrected chi connectivity index (χ1v) is 7.37. The van der Waals surface area contributed by atoms with Crippen LogP contribution in [-0.4, -0.2) is 30.6 Å². The molecule has 1 aliphatic rings. The van der Waals surface area contributed by atoms with E-state index in [0.717, 1.165) is 0 Å². The van der Waals surface area contributed by atoms with Crippen molar-refractivity contribution >= 4 is 35.0 Å². The maximum atomic E-state index is 11.9. The lowest BCUT2D eigenvalue weighted by Crippen LogP contribution is -2.35. The highest BCUT2D eigenvalue weighted by Crippen LogP contribution is 2.25. The van der Waals surface area contributed by atoms with Gasteiger partial charge in [0.25, 0.3) is 0 Å². The van der Waals surface area contributed by atoms with Crippen LogP contribution in [0.3, 0.4) is 0 Å². The summed E-state index contributed by atoms with van der Waals surface area (Å²) in [5, 5.41) is 3.57. The van der Waals surface area contributed by atoms with Crippen LogP contribution in [0.4, 0.5) is 0 Å². The standard InChI is InChI=1S/C14H16Cl2N2O3/c15-10-3-1-2-8(13(10)16)6-12(19)18-7-9-4-5-11(21-9)14(17)20/h1-3,9,11H,4-7H2,(H2,17,20)(H,18,19)/t9-,11+/m1/s1. The zero-order valence-electron chi connectivity index (χ0n) is 11.3. The predicted octanol–water partition coefficient (Wildman–Crippen LogP) is 1.69. The molecular formula is C14H16Cl2N2O3. The Kier molecular flexibility index (Phi) is 5.45. The molecule has 2 rings (SSSR count). The van der Waals surface area contributed by atoms with Gasteiger partial charge in [0.2, 0.25) is 11.8 Å². The van der Waals surface area contributed by atoms with E-state index in [2.05, 4.69) is 5.32 Å². The van der Waals surface area contributed by atoms with Gasteiger partial charge in [-0.2, -0.15) is 0 Å². The summed E-state index contributed by atoms with van der Waals surface area (Å²) in [6, 6.07) is 5.17. The number of hydrogen-bond acceptors (Lipinski definition) is 3. The van der Waals surface area contributed by atoms with E-state index < -0.39 is 12.0 Å². The van der Waals surface area contributed by atoms with Crippen molar-refractivity contribution in [1.29, 1.82) is 0 Å². The van der Waals surface area contributed by atoms with E-state index in [1.165, 1.54) is 0 Å². The average molecular weight is 331 g/mol. The van der Waals surface area contributed by atoms with Gasteiger partial charge in [0.05, 0.1) is 22.6 Å². The van der Waals surface area contributed by atoms with E-state index in [-0.39, 0.29) is 18.4 Å². The summed E-state index contributed by atoms with van der Waals surface area (Å²) in [6.45, 7) is 0.348. The normalized spacial score (nSPS) is 21.2. The van der Waals surface area contributed by atoms with Crippen molar-refractivity contribution in [2.24, 2.45) is 5.73 Å². The molecule has 1 aliphatic heterocycles. The van der Waals surface area contributed by atoms with E-state index in [9.17, 15) is 9.59 Å². The molecule has 0 radical (unpaired) electrons. The first kappa shape index (κ1) is 16.1. The number of carbonyl (C=O) groups excluding carboxylic acids is 2. The number of nitrogens with two attached hydrogens (primary N) is 1. The van der Waals surface area contributed by atoms with Crippen LogP contribution in [0.5, 0.6) is 0 Å². The minimum atomic E-state index is -0.547. The molecule has 2 amide bonds. The Morgan fingerprint density at radius 1 is 1.33 bits per heavy atom. The molecule has 5 nitrogen and oxygen atoms in total. The van der Waals surface area contributed by atoms with Crippen LogP contribution in [0.15, 0.2) is 18.2 Å². The summed E-state index contributed by atoms with van der Waals surface area (Å²) in [5.41, 5.74) is 5.84. The van der Waals surface area contributed by atoms with Crippen molar-refractivity contribution in [2.45, 2.75) is 31.5 Å². The topological polar surface area (TPSA) is 81.4 Å². The number of halogens is 2. The Morgan fingerprint density at radius 2 is 2.10 bits per heavy atom. The first-order chi connectivity index (χ1) is 9.97. The average Bonchev–Trinajstić information content (AvgIpc) is 2.91. The molecule has 7 heteroatoms. The summed E-state index contributed by atoms with van der Waals surface area (Å²) < 4.78 is 5.43. The predicted molar refractivity (Wildman–Crippen MR) is 80.3 cm³/mol. The SMILES string of the molecule is NC(=O)[C@@H]1CC[C@H](CNC(=O)Cc2cccc(Cl)c2Cl)O1. The second-order valence-electron chi connectivity index (χ2n) is 4.92. The van der Waals surface area contributed by atoms with Gasteiger partial charge in [-0.3, -0.25) is 9.59 Å². The Hall–Kier alpha value is -1.30. The van der Waals surface area contributed by atoms with E-state index >= 15 is 0 Å². The number of primary amides is 1. The van der Waals surface area contributed by atoms with Gasteiger partial charge >= 0.3 is 0 Å². The molecule has 1 aromatic carbocycles. The molecule has 0 spiro atoms. The highest BCUT2D eigenvalue weighted by atomic mass is 35.5. The monoisotopic (exact) mass is 330 g/mol. The third kappa shape index (κ3) is 4.33. The minimum Gasteiger partial charge on any atom is -0.367 e. The molecular weight excluding hydrogens is 315 g/mol. The molecule has 1 fully saturated rings. The zero-order chi connectivity index (χ0) is 15.4. The zero-order valence-corrected chi connectivity index (χ0v) is 12.8. The molecule has 0 unspecified atom stereocenters. The lowest BCUT2D eigenvalue weighted by molar-refractivity contribution is -0.128. The molecule has 1 saturated heterocycles. The van der Waals surface area contributed by atoms with Crippen molar-refractivity contribution in [1.82, 2.24) is 5.32 Å². The lowest BCUT2D eigenvalue weighted by atomic mass is 10.1. The van der Waals surface area contributed by atoms with Crippen molar-refractivity contribution in [3.05, 3.63) is 33.8 Å². The molecule has 1 heterocycles. The fourth-order valence-electron chi connectivity index (χ4n) is 2.21. The first-order valence-electron chi connectivity index (χ1n) is 6.61. The quantitative estimate of drug-likeness (QED) is 0.861. The van der Waals surface area contributed by atoms with Gasteiger partial charge in [-0.1, -0.05) is 35.3 Å². The number of rotatable bonds is 5. The Labute approximate surface area is 132 Å². The van der Waals surface area contributed by atoms with Crippen molar-refractivity contribution < 1.29 is 14.3 Å². The Bertz CT molecular complexity index is 551. The molecule has 21 heavy (non-hydrogen) atoms. The van der Waals surface area contributed by atoms with Crippen LogP contribution in [0.25, 0.3) is 0 Å². The Balaban J connectivity index is 1.80. The van der Waals surface area contributed by atoms with E-state index in [0.29, 0.717) is 35.0 Å². The number of hydrogen-bond donors (Lipinski definition) is 2. The largest absolute Gasteiger partial charge is 0.367 e. The summed E-state index contributed by atoms with van der Waals surface area (Å²) in [6.07, 6.45) is 0.711. The smallest absolute Gasteiger partial charge is 0.246 e. The van der Waals surface area contributed by atoms with E-state index in [4.69, 9.17) is 33.7 Å². The maximum absolute atomic E-state index is 11.9. The van der Waals surface area contributed by atoms with Crippen LogP contribution in [-0.2, 0) is 20.7 Å². The number of benzene rings is 1. The molecule has 0 aromatic heterocycles. The molecule has 1 aromatic rings. The van der Waals surface area contributed by atoms with Crippen LogP contribution >= 0.6 is 23.2 Å². The molecule has 0 saturated carbocycles. The number of ether oxygens (including phenoxy) is 1. The summed E-state index contributed by atoms with van der Waals surface area (Å²) >= 11 is 11.9. The number of carbonyl (C=O) groups is 2. The summed E-state index contributed by atoms with van der Waals surface area (Å²) in [4.78, 5) is 22.9. The van der Waals surface area contributed by atoms with Crippen molar-refractivity contribution in [3.8, 4) is 0 Å². The van der Waals surface area contributed by atoms with Crippen LogP contribution < -0.4 is 11.1 Å². The highest BCUT2D eigenvalue weighted by Gasteiger charge is 2.29. The summed E-state index contributed by atoms with van der Waals surface area (Å²) in [5.74, 6) is -0.639. The van der Waals surface area contributed by atoms with Crippen molar-refractivity contribution in [2.75, 3.05) is 6.54 Å². The third-order valence-corrected chi connectivity index (χ3v) is 4.19. The molecule has 114 valence electrons. The van der Waals surface area contributed by atoms with Gasteiger partial charge in [0.15, 0.2) is 0 Å². The maximum Gasteiger partial charge on any atom is 0.246 e. The van der Waals surface area contributed by atoms with Crippen LogP contribution in [0, 0.1) is 0 Å². The second kappa shape index (κ2) is 7.11. The van der Waals surface area contributed by atoms with E-state index in [1.54, 1.807) is 18.2 Å². The minimum absolute atomic E-state index is 0.144. The van der Waals surface area contributed by atoms with E-state index in [1.807, 2.05) is 0 Å². The third-order valence-electron chi connectivity index (χ3n) is 3.33.